The zero-order chi connectivity index (χ0) is 16.1. The first-order chi connectivity index (χ1) is 11.0. The van der Waals surface area contributed by atoms with Crippen molar-refractivity contribution in [2.45, 2.75) is 33.2 Å². The molecule has 1 aromatic heterocycles. The Morgan fingerprint density at radius 1 is 1.00 bits per heavy atom. The fourth-order valence-electron chi connectivity index (χ4n) is 3.76. The predicted molar refractivity (Wildman–Crippen MR) is 97.5 cm³/mol. The van der Waals surface area contributed by atoms with Crippen LogP contribution in [-0.4, -0.2) is 11.5 Å². The van der Waals surface area contributed by atoms with Gasteiger partial charge in [0.05, 0.1) is 6.04 Å². The second-order valence-corrected chi connectivity index (χ2v) is 7.07. The summed E-state index contributed by atoms with van der Waals surface area (Å²) in [7, 11) is 0. The normalized spacial score (nSPS) is 17.5. The first-order valence-electron chi connectivity index (χ1n) is 8.15. The molecule has 0 saturated heterocycles. The highest BCUT2D eigenvalue weighted by Crippen LogP contribution is 2.36. The van der Waals surface area contributed by atoms with Gasteiger partial charge in [-0.1, -0.05) is 23.7 Å². The number of H-pyrrole nitrogens is 1. The quantitative estimate of drug-likeness (QED) is 0.649. The highest BCUT2D eigenvalue weighted by molar-refractivity contribution is 6.31. The van der Waals surface area contributed by atoms with Crippen LogP contribution in [0.5, 0.6) is 0 Å². The predicted octanol–water partition coefficient (Wildman–Crippen LogP) is 4.98. The number of aromatic nitrogens is 1. The van der Waals surface area contributed by atoms with Crippen LogP contribution in [0.15, 0.2) is 30.3 Å². The summed E-state index contributed by atoms with van der Waals surface area (Å²) in [6.07, 6.45) is 1.04. The van der Waals surface area contributed by atoms with Gasteiger partial charge in [-0.15, -0.1) is 0 Å². The summed E-state index contributed by atoms with van der Waals surface area (Å²) in [6.45, 7) is 7.56. The Hall–Kier alpha value is -1.77. The second kappa shape index (κ2) is 5.40. The molecule has 0 radical (unpaired) electrons. The molecule has 1 aliphatic heterocycles. The molecule has 3 heteroatoms. The molecule has 0 saturated carbocycles. The molecular formula is C20H21ClN2. The molecule has 4 rings (SSSR count). The van der Waals surface area contributed by atoms with Gasteiger partial charge in [0.2, 0.25) is 0 Å². The Kier molecular flexibility index (Phi) is 3.47. The molecule has 2 aromatic carbocycles. The number of hydrogen-bond donors (Lipinski definition) is 2. The van der Waals surface area contributed by atoms with E-state index in [2.05, 4.69) is 55.3 Å². The fraction of sp³-hybridized carbons (Fsp3) is 0.300. The summed E-state index contributed by atoms with van der Waals surface area (Å²) in [4.78, 5) is 3.63. The highest BCUT2D eigenvalue weighted by Gasteiger charge is 2.26. The van der Waals surface area contributed by atoms with Crippen molar-refractivity contribution in [3.8, 4) is 0 Å². The van der Waals surface area contributed by atoms with Crippen LogP contribution in [0.3, 0.4) is 0 Å². The van der Waals surface area contributed by atoms with Crippen LogP contribution in [0.4, 0.5) is 0 Å². The van der Waals surface area contributed by atoms with Crippen LogP contribution in [0.2, 0.25) is 5.02 Å². The summed E-state index contributed by atoms with van der Waals surface area (Å²) in [5, 5.41) is 5.76. The molecule has 118 valence electrons. The molecule has 0 spiro atoms. The first kappa shape index (κ1) is 14.8. The molecule has 1 aliphatic rings. The fourth-order valence-corrected chi connectivity index (χ4v) is 3.93. The number of aromatic amines is 1. The lowest BCUT2D eigenvalue weighted by molar-refractivity contribution is 0.558. The van der Waals surface area contributed by atoms with Crippen LogP contribution < -0.4 is 5.32 Å². The molecule has 2 nitrogen and oxygen atoms in total. The third-order valence-electron chi connectivity index (χ3n) is 5.11. The van der Waals surface area contributed by atoms with E-state index in [-0.39, 0.29) is 6.04 Å². The molecule has 1 atom stereocenters. The molecule has 2 heterocycles. The minimum absolute atomic E-state index is 0.226. The summed E-state index contributed by atoms with van der Waals surface area (Å²) in [5.41, 5.74) is 9.28. The third kappa shape index (κ3) is 2.37. The first-order valence-corrected chi connectivity index (χ1v) is 8.53. The zero-order valence-electron chi connectivity index (χ0n) is 13.8. The lowest BCUT2D eigenvalue weighted by Crippen LogP contribution is -2.31. The Balaban J connectivity index is 1.91. The van der Waals surface area contributed by atoms with Gasteiger partial charge in [0, 0.05) is 28.2 Å². The molecule has 1 unspecified atom stereocenters. The van der Waals surface area contributed by atoms with Gasteiger partial charge >= 0.3 is 0 Å². The smallest absolute Gasteiger partial charge is 0.0735 e. The van der Waals surface area contributed by atoms with E-state index in [0.717, 1.165) is 18.0 Å². The van der Waals surface area contributed by atoms with Gasteiger partial charge in [0.1, 0.15) is 0 Å². The van der Waals surface area contributed by atoms with E-state index in [4.69, 9.17) is 11.6 Å². The number of nitrogens with one attached hydrogen (secondary N) is 2. The van der Waals surface area contributed by atoms with E-state index in [0.29, 0.717) is 0 Å². The molecule has 0 aliphatic carbocycles. The molecule has 2 N–H and O–H groups in total. The summed E-state index contributed by atoms with van der Waals surface area (Å²) in [6, 6.07) is 11.0. The Morgan fingerprint density at radius 3 is 2.61 bits per heavy atom. The zero-order valence-corrected chi connectivity index (χ0v) is 14.5. The average molecular weight is 325 g/mol. The van der Waals surface area contributed by atoms with Gasteiger partial charge in [-0.25, -0.2) is 0 Å². The topological polar surface area (TPSA) is 27.8 Å². The lowest BCUT2D eigenvalue weighted by atomic mass is 9.90. The minimum Gasteiger partial charge on any atom is -0.357 e. The van der Waals surface area contributed by atoms with E-state index in [1.54, 1.807) is 0 Å². The van der Waals surface area contributed by atoms with Crippen LogP contribution >= 0.6 is 11.6 Å². The highest BCUT2D eigenvalue weighted by atomic mass is 35.5. The number of halogens is 1. The summed E-state index contributed by atoms with van der Waals surface area (Å²) >= 11 is 6.21. The number of benzene rings is 2. The number of aryl methyl sites for hydroxylation is 3. The second-order valence-electron chi connectivity index (χ2n) is 6.64. The van der Waals surface area contributed by atoms with E-state index < -0.39 is 0 Å². The van der Waals surface area contributed by atoms with Gasteiger partial charge in [0.25, 0.3) is 0 Å². The van der Waals surface area contributed by atoms with Crippen LogP contribution in [-0.2, 0) is 6.42 Å². The van der Waals surface area contributed by atoms with Crippen LogP contribution in [0, 0.1) is 20.8 Å². The monoisotopic (exact) mass is 324 g/mol. The lowest BCUT2D eigenvalue weighted by Gasteiger charge is -2.27. The van der Waals surface area contributed by atoms with Crippen molar-refractivity contribution in [1.82, 2.24) is 10.3 Å². The van der Waals surface area contributed by atoms with Crippen LogP contribution in [0.1, 0.15) is 39.6 Å². The van der Waals surface area contributed by atoms with Gasteiger partial charge < -0.3 is 10.3 Å². The van der Waals surface area contributed by atoms with E-state index in [9.17, 15) is 0 Å². The van der Waals surface area contributed by atoms with Crippen molar-refractivity contribution in [3.63, 3.8) is 0 Å². The molecule has 0 amide bonds. The SMILES string of the molecule is Cc1cc(C)c(C2NCCc3c2[nH]c2ccc(Cl)cc32)cc1C. The Labute approximate surface area is 141 Å². The van der Waals surface area contributed by atoms with Crippen molar-refractivity contribution < 1.29 is 0 Å². The molecule has 0 fully saturated rings. The maximum atomic E-state index is 6.21. The summed E-state index contributed by atoms with van der Waals surface area (Å²) in [5.74, 6) is 0. The van der Waals surface area contributed by atoms with E-state index in [1.807, 2.05) is 6.07 Å². The maximum Gasteiger partial charge on any atom is 0.0735 e. The Morgan fingerprint density at radius 2 is 1.78 bits per heavy atom. The molecule has 0 bridgehead atoms. The Bertz CT molecular complexity index is 908. The van der Waals surface area contributed by atoms with Gasteiger partial charge in [-0.2, -0.15) is 0 Å². The van der Waals surface area contributed by atoms with Crippen molar-refractivity contribution >= 4 is 22.5 Å². The number of hydrogen-bond acceptors (Lipinski definition) is 1. The van der Waals surface area contributed by atoms with Crippen LogP contribution in [0.25, 0.3) is 10.9 Å². The van der Waals surface area contributed by atoms with Gasteiger partial charge in [-0.05, 0) is 73.2 Å². The standard InChI is InChI=1S/C20H21ClN2/c1-11-8-13(3)16(9-12(11)2)19-20-15(6-7-22-19)17-10-14(21)4-5-18(17)23-20/h4-5,8-10,19,22-23H,6-7H2,1-3H3. The van der Waals surface area contributed by atoms with Crippen molar-refractivity contribution in [3.05, 3.63) is 68.9 Å². The van der Waals surface area contributed by atoms with Gasteiger partial charge in [-0.3, -0.25) is 0 Å². The summed E-state index contributed by atoms with van der Waals surface area (Å²) < 4.78 is 0. The molecular weight excluding hydrogens is 304 g/mol. The number of rotatable bonds is 1. The maximum absolute atomic E-state index is 6.21. The van der Waals surface area contributed by atoms with Gasteiger partial charge in [0.15, 0.2) is 0 Å². The third-order valence-corrected chi connectivity index (χ3v) is 5.34. The van der Waals surface area contributed by atoms with Crippen molar-refractivity contribution in [1.29, 1.82) is 0 Å². The molecule has 23 heavy (non-hydrogen) atoms. The van der Waals surface area contributed by atoms with Crippen molar-refractivity contribution in [2.75, 3.05) is 6.54 Å². The minimum atomic E-state index is 0.226. The average Bonchev–Trinajstić information content (AvgIpc) is 2.89. The number of fused-ring (bicyclic) bond motifs is 3. The molecule has 3 aromatic rings. The largest absolute Gasteiger partial charge is 0.357 e. The van der Waals surface area contributed by atoms with Crippen molar-refractivity contribution in [2.24, 2.45) is 0 Å². The van der Waals surface area contributed by atoms with E-state index in [1.165, 1.54) is 44.4 Å². The van der Waals surface area contributed by atoms with E-state index >= 15 is 0 Å².